The Morgan fingerprint density at radius 1 is 1.36 bits per heavy atom. The van der Waals surface area contributed by atoms with Crippen molar-refractivity contribution in [3.8, 4) is 0 Å². The first-order valence-corrected chi connectivity index (χ1v) is 3.68. The van der Waals surface area contributed by atoms with E-state index in [-0.39, 0.29) is 0 Å². The molecule has 2 heterocycles. The van der Waals surface area contributed by atoms with Gasteiger partial charge in [0.25, 0.3) is 0 Å². The molecule has 0 aliphatic rings. The van der Waals surface area contributed by atoms with Crippen molar-refractivity contribution >= 4 is 10.9 Å². The Kier molecular flexibility index (Phi) is 1.22. The molecule has 0 amide bonds. The number of aromatic amines is 1. The van der Waals surface area contributed by atoms with Crippen molar-refractivity contribution in [3.05, 3.63) is 29.7 Å². The monoisotopic (exact) mass is 146 g/mol. The molecule has 0 fully saturated rings. The predicted molar refractivity (Wildman–Crippen MR) is 45.6 cm³/mol. The van der Waals surface area contributed by atoms with Crippen LogP contribution in [-0.4, -0.2) is 9.97 Å². The van der Waals surface area contributed by atoms with Gasteiger partial charge in [-0.25, -0.2) is 0 Å². The van der Waals surface area contributed by atoms with E-state index in [0.29, 0.717) is 0 Å². The quantitative estimate of drug-likeness (QED) is 0.606. The molecule has 56 valence electrons. The van der Waals surface area contributed by atoms with Crippen LogP contribution in [-0.2, 0) is 0 Å². The Labute approximate surface area is 65.3 Å². The molecule has 11 heavy (non-hydrogen) atoms. The zero-order valence-corrected chi connectivity index (χ0v) is 6.68. The molecule has 0 aliphatic heterocycles. The number of fused-ring (bicyclic) bond motifs is 1. The van der Waals surface area contributed by atoms with Crippen LogP contribution < -0.4 is 0 Å². The van der Waals surface area contributed by atoms with Gasteiger partial charge in [-0.15, -0.1) is 0 Å². The molecule has 0 bridgehead atoms. The Morgan fingerprint density at radius 2 is 2.18 bits per heavy atom. The lowest BCUT2D eigenvalue weighted by Gasteiger charge is -1.87. The van der Waals surface area contributed by atoms with E-state index < -0.39 is 0 Å². The summed E-state index contributed by atoms with van der Waals surface area (Å²) in [5.74, 6) is 0. The van der Waals surface area contributed by atoms with Crippen LogP contribution in [0.1, 0.15) is 11.3 Å². The van der Waals surface area contributed by atoms with E-state index in [1.165, 1.54) is 16.6 Å². The predicted octanol–water partition coefficient (Wildman–Crippen LogP) is 2.18. The maximum Gasteiger partial charge on any atom is 0.0645 e. The van der Waals surface area contributed by atoms with Crippen molar-refractivity contribution in [3.63, 3.8) is 0 Å². The fourth-order valence-electron chi connectivity index (χ4n) is 1.32. The summed E-state index contributed by atoms with van der Waals surface area (Å²) in [5, 5.41) is 1.28. The third-order valence-corrected chi connectivity index (χ3v) is 2.11. The fraction of sp³-hybridized carbons (Fsp3) is 0.222. The molecule has 0 aliphatic carbocycles. The Morgan fingerprint density at radius 3 is 2.91 bits per heavy atom. The average Bonchev–Trinajstić information content (AvgIpc) is 2.30. The molecule has 0 spiro atoms. The zero-order chi connectivity index (χ0) is 7.84. The highest BCUT2D eigenvalue weighted by atomic mass is 14.7. The van der Waals surface area contributed by atoms with Crippen LogP contribution in [0.25, 0.3) is 10.9 Å². The molecule has 2 aromatic heterocycles. The van der Waals surface area contributed by atoms with E-state index in [1.807, 2.05) is 18.5 Å². The number of hydrogen-bond acceptors (Lipinski definition) is 1. The molecule has 1 N–H and O–H groups in total. The van der Waals surface area contributed by atoms with E-state index in [2.05, 4.69) is 23.8 Å². The molecule has 2 heteroatoms. The summed E-state index contributed by atoms with van der Waals surface area (Å²) in [6.45, 7) is 4.20. The molecule has 0 unspecified atom stereocenters. The summed E-state index contributed by atoms with van der Waals surface area (Å²) < 4.78 is 0. The summed E-state index contributed by atoms with van der Waals surface area (Å²) in [6.07, 6.45) is 3.68. The van der Waals surface area contributed by atoms with Gasteiger partial charge >= 0.3 is 0 Å². The lowest BCUT2D eigenvalue weighted by Crippen LogP contribution is -1.71. The minimum Gasteiger partial charge on any atom is -0.357 e. The largest absolute Gasteiger partial charge is 0.357 e. The Hall–Kier alpha value is -1.31. The first-order valence-electron chi connectivity index (χ1n) is 3.68. The second kappa shape index (κ2) is 2.09. The average molecular weight is 146 g/mol. The van der Waals surface area contributed by atoms with Crippen molar-refractivity contribution in [2.24, 2.45) is 0 Å². The normalized spacial score (nSPS) is 10.7. The standard InChI is InChI=1S/C9H10N2/c1-6-7(2)11-9-5-10-4-3-8(6)9/h3-5,11H,1-2H3. The maximum atomic E-state index is 4.04. The minimum absolute atomic E-state index is 1.13. The highest BCUT2D eigenvalue weighted by molar-refractivity contribution is 5.83. The van der Waals surface area contributed by atoms with Crippen molar-refractivity contribution in [1.82, 2.24) is 9.97 Å². The molecule has 2 rings (SSSR count). The van der Waals surface area contributed by atoms with E-state index in [0.717, 1.165) is 5.52 Å². The third-order valence-electron chi connectivity index (χ3n) is 2.11. The molecular formula is C9H10N2. The summed E-state index contributed by atoms with van der Waals surface area (Å²) in [4.78, 5) is 7.30. The number of rotatable bonds is 0. The van der Waals surface area contributed by atoms with Gasteiger partial charge in [0.2, 0.25) is 0 Å². The number of H-pyrrole nitrogens is 1. The summed E-state index contributed by atoms with van der Waals surface area (Å²) in [6, 6.07) is 2.04. The van der Waals surface area contributed by atoms with Gasteiger partial charge in [0.1, 0.15) is 0 Å². The van der Waals surface area contributed by atoms with E-state index in [1.54, 1.807) is 0 Å². The third kappa shape index (κ3) is 0.827. The van der Waals surface area contributed by atoms with Crippen molar-refractivity contribution in [2.75, 3.05) is 0 Å². The molecule has 0 radical (unpaired) electrons. The molecule has 0 atom stereocenters. The van der Waals surface area contributed by atoms with Gasteiger partial charge in [-0.3, -0.25) is 4.98 Å². The van der Waals surface area contributed by atoms with Gasteiger partial charge < -0.3 is 4.98 Å². The topological polar surface area (TPSA) is 28.7 Å². The first-order chi connectivity index (χ1) is 5.29. The van der Waals surface area contributed by atoms with Gasteiger partial charge in [-0.1, -0.05) is 0 Å². The number of hydrogen-bond donors (Lipinski definition) is 1. The van der Waals surface area contributed by atoms with Gasteiger partial charge in [0.05, 0.1) is 11.7 Å². The lowest BCUT2D eigenvalue weighted by atomic mass is 10.2. The molecule has 0 saturated carbocycles. The van der Waals surface area contributed by atoms with Gasteiger partial charge in [0.15, 0.2) is 0 Å². The Balaban J connectivity index is 2.92. The molecular weight excluding hydrogens is 136 g/mol. The van der Waals surface area contributed by atoms with Crippen LogP contribution >= 0.6 is 0 Å². The van der Waals surface area contributed by atoms with E-state index in [9.17, 15) is 0 Å². The zero-order valence-electron chi connectivity index (χ0n) is 6.68. The number of nitrogens with zero attached hydrogens (tertiary/aromatic N) is 1. The second-order valence-corrected chi connectivity index (χ2v) is 2.80. The van der Waals surface area contributed by atoms with Gasteiger partial charge in [0, 0.05) is 17.3 Å². The lowest BCUT2D eigenvalue weighted by molar-refractivity contribution is 1.25. The smallest absolute Gasteiger partial charge is 0.0645 e. The van der Waals surface area contributed by atoms with Crippen molar-refractivity contribution < 1.29 is 0 Å². The first kappa shape index (κ1) is 6.40. The van der Waals surface area contributed by atoms with E-state index >= 15 is 0 Å². The van der Waals surface area contributed by atoms with E-state index in [4.69, 9.17) is 0 Å². The summed E-state index contributed by atoms with van der Waals surface area (Å²) >= 11 is 0. The Bertz CT molecular complexity index is 387. The number of pyridine rings is 1. The van der Waals surface area contributed by atoms with Crippen LogP contribution in [0.2, 0.25) is 0 Å². The SMILES string of the molecule is Cc1[nH]c2cnccc2c1C. The summed E-state index contributed by atoms with van der Waals surface area (Å²) in [7, 11) is 0. The summed E-state index contributed by atoms with van der Waals surface area (Å²) in [5.41, 5.74) is 3.68. The fourth-order valence-corrected chi connectivity index (χ4v) is 1.32. The van der Waals surface area contributed by atoms with Crippen LogP contribution in [0.3, 0.4) is 0 Å². The highest BCUT2D eigenvalue weighted by Crippen LogP contribution is 2.18. The molecule has 0 aromatic carbocycles. The number of nitrogens with one attached hydrogen (secondary N) is 1. The molecule has 0 saturated heterocycles. The van der Waals surface area contributed by atoms with Gasteiger partial charge in [-0.2, -0.15) is 0 Å². The van der Waals surface area contributed by atoms with Crippen LogP contribution in [0.4, 0.5) is 0 Å². The van der Waals surface area contributed by atoms with Crippen LogP contribution in [0.5, 0.6) is 0 Å². The molecule has 2 aromatic rings. The maximum absolute atomic E-state index is 4.04. The minimum atomic E-state index is 1.13. The van der Waals surface area contributed by atoms with Gasteiger partial charge in [-0.05, 0) is 25.5 Å². The van der Waals surface area contributed by atoms with Crippen molar-refractivity contribution in [1.29, 1.82) is 0 Å². The number of aryl methyl sites for hydroxylation is 2. The van der Waals surface area contributed by atoms with Crippen LogP contribution in [0, 0.1) is 13.8 Å². The second-order valence-electron chi connectivity index (χ2n) is 2.80. The van der Waals surface area contributed by atoms with Crippen LogP contribution in [0.15, 0.2) is 18.5 Å². The highest BCUT2D eigenvalue weighted by Gasteiger charge is 2.01. The van der Waals surface area contributed by atoms with Crippen molar-refractivity contribution in [2.45, 2.75) is 13.8 Å². The number of aromatic nitrogens is 2. The molecule has 2 nitrogen and oxygen atoms in total.